The van der Waals surface area contributed by atoms with Gasteiger partial charge in [-0.3, -0.25) is 14.4 Å². The van der Waals surface area contributed by atoms with E-state index in [0.29, 0.717) is 86.5 Å². The number of aromatic nitrogens is 9. The molecule has 5 unspecified atom stereocenters. The van der Waals surface area contributed by atoms with E-state index in [2.05, 4.69) is 70.9 Å². The molecule has 0 aromatic carbocycles. The fraction of sp³-hybridized carbons (Fsp3) is 0.324. The van der Waals surface area contributed by atoms with E-state index >= 15 is 0 Å². The Morgan fingerprint density at radius 1 is 0.495 bits per heavy atom. The number of piperazine rings is 3. The summed E-state index contributed by atoms with van der Waals surface area (Å²) in [5.41, 5.74) is 8.80. The maximum atomic E-state index is 12.1. The number of nitriles is 3. The molecule has 9 aromatic heterocycles. The summed E-state index contributed by atoms with van der Waals surface area (Å²) in [4.78, 5) is 62.1. The Kier molecular flexibility index (Phi) is 18.2. The zero-order valence-electron chi connectivity index (χ0n) is 52.9. The number of hydrogen-bond acceptors (Lipinski definition) is 18. The van der Waals surface area contributed by atoms with E-state index in [9.17, 15) is 30.2 Å². The fourth-order valence-corrected chi connectivity index (χ4v) is 13.7. The quantitative estimate of drug-likeness (QED) is 0.109. The highest BCUT2D eigenvalue weighted by Gasteiger charge is 2.43. The summed E-state index contributed by atoms with van der Waals surface area (Å²) in [5.74, 6) is 10.6. The molecule has 5 atom stereocenters. The molecule has 14 rings (SSSR count). The van der Waals surface area contributed by atoms with Crippen molar-refractivity contribution in [2.24, 2.45) is 0 Å². The highest BCUT2D eigenvalue weighted by atomic mass is 16.5. The number of hydrogen-bond donors (Lipinski definition) is 0. The minimum atomic E-state index is -0.275. The molecule has 0 saturated carbocycles. The third-order valence-corrected chi connectivity index (χ3v) is 17.9. The van der Waals surface area contributed by atoms with E-state index in [0.717, 1.165) is 106 Å². The molecule has 9 aromatic rings. The molecule has 24 heteroatoms. The number of carbonyl (C=O) groups is 3. The second-order valence-electron chi connectivity index (χ2n) is 23.4. The van der Waals surface area contributed by atoms with Crippen LogP contribution in [0.15, 0.2) is 110 Å². The Morgan fingerprint density at radius 3 is 1.26 bits per heavy atom. The molecule has 95 heavy (non-hydrogen) atoms. The first kappa shape index (κ1) is 63.0. The van der Waals surface area contributed by atoms with Crippen LogP contribution in [0.1, 0.15) is 70.1 Å². The lowest BCUT2D eigenvalue weighted by Gasteiger charge is -2.41. The van der Waals surface area contributed by atoms with Gasteiger partial charge in [0.05, 0.1) is 102 Å². The zero-order valence-corrected chi connectivity index (χ0v) is 52.9. The smallest absolute Gasteiger partial charge is 0.298 e. The summed E-state index contributed by atoms with van der Waals surface area (Å²) in [7, 11) is 0. The number of rotatable bonds is 12. The number of amides is 3. The maximum absolute atomic E-state index is 12.1. The average molecular weight is 1270 g/mol. The molecule has 14 heterocycles. The van der Waals surface area contributed by atoms with Crippen LogP contribution in [0, 0.1) is 71.0 Å². The van der Waals surface area contributed by atoms with Gasteiger partial charge in [-0.2, -0.15) is 31.1 Å². The van der Waals surface area contributed by atoms with E-state index in [1.165, 1.54) is 0 Å². The van der Waals surface area contributed by atoms with Crippen LogP contribution in [0.2, 0.25) is 0 Å². The first-order valence-corrected chi connectivity index (χ1v) is 31.4. The fourth-order valence-electron chi connectivity index (χ4n) is 13.7. The first-order chi connectivity index (χ1) is 46.3. The van der Waals surface area contributed by atoms with E-state index in [1.807, 2.05) is 99.6 Å². The van der Waals surface area contributed by atoms with Crippen LogP contribution in [-0.2, 0) is 14.4 Å². The minimum absolute atomic E-state index is 0.00579. The van der Waals surface area contributed by atoms with Gasteiger partial charge in [0.1, 0.15) is 52.9 Å². The lowest BCUT2D eigenvalue weighted by molar-refractivity contribution is -0.128. The number of pyridine rings is 6. The number of anilines is 3. The highest BCUT2D eigenvalue weighted by Crippen LogP contribution is 2.39. The Labute approximate surface area is 549 Å². The van der Waals surface area contributed by atoms with Gasteiger partial charge in [-0.05, 0) is 126 Å². The van der Waals surface area contributed by atoms with E-state index in [4.69, 9.17) is 43.4 Å². The summed E-state index contributed by atoms with van der Waals surface area (Å²) in [6.07, 6.45) is 35.3. The van der Waals surface area contributed by atoms with Crippen molar-refractivity contribution in [3.63, 3.8) is 0 Å². The van der Waals surface area contributed by atoms with Gasteiger partial charge in [-0.1, -0.05) is 0 Å². The van der Waals surface area contributed by atoms with Crippen molar-refractivity contribution in [3.05, 3.63) is 127 Å². The number of terminal acetylenes is 3. The predicted octanol–water partition coefficient (Wildman–Crippen LogP) is 7.30. The maximum Gasteiger partial charge on any atom is 0.298 e. The molecule has 0 radical (unpaired) electrons. The molecule has 4 bridgehead atoms. The van der Waals surface area contributed by atoms with Crippen molar-refractivity contribution >= 4 is 51.7 Å². The normalized spacial score (nSPS) is 18.4. The number of carbonyl (C=O) groups excluding carboxylic acids is 3. The summed E-state index contributed by atoms with van der Waals surface area (Å²) in [6.45, 7) is 13.9. The molecule has 476 valence electrons. The molecule has 0 aliphatic carbocycles. The van der Waals surface area contributed by atoms with Gasteiger partial charge in [0.2, 0.25) is 0 Å². The highest BCUT2D eigenvalue weighted by molar-refractivity contribution is 5.95. The summed E-state index contributed by atoms with van der Waals surface area (Å²) in [5, 5.41) is 41.4. The third-order valence-electron chi connectivity index (χ3n) is 17.9. The standard InChI is InChI=1S/2C24H22N6O2.C23H22N6O2/c1-3-23(31)28-13-18-6-7-19(14-28)30(18)22-8-5-16(11-26-22)21-9-20(32-4-2)15-29-24(21)17(10-25)12-27-29;1-3-23(31)30-18-6-7-19(30)14-28(13-18)22-8-5-16(11-26-22)21-9-20(32-4-2)15-29-24(21)17(10-25)12-27-29;1-4-22(30)28-9-8-27(14-16(28)3)21-7-6-17(12-25-21)20-10-19(31-5-2)15-29-23(20)18(11-24)13-26-29/h2*1,5,8-9,11-12,15,18-19H,4,6-7,13-14H2,2H3;1,6-7,10,12-13,15-16H,5,8-9,14H2,2-3H3. The number of nitrogens with zero attached hydrogens (tertiary/aromatic N) is 18. The predicted molar refractivity (Wildman–Crippen MR) is 355 cm³/mol. The van der Waals surface area contributed by atoms with Gasteiger partial charge < -0.3 is 43.6 Å². The van der Waals surface area contributed by atoms with Gasteiger partial charge in [0.15, 0.2) is 0 Å². The van der Waals surface area contributed by atoms with Gasteiger partial charge in [-0.15, -0.1) is 19.3 Å². The van der Waals surface area contributed by atoms with Crippen LogP contribution in [0.4, 0.5) is 17.5 Å². The molecule has 0 spiro atoms. The summed E-state index contributed by atoms with van der Waals surface area (Å²) < 4.78 is 22.1. The Bertz CT molecular complexity index is 4640. The third kappa shape index (κ3) is 12.4. The molecule has 0 N–H and O–H groups in total. The van der Waals surface area contributed by atoms with Crippen molar-refractivity contribution < 1.29 is 28.6 Å². The number of ether oxygens (including phenoxy) is 3. The van der Waals surface area contributed by atoms with Crippen LogP contribution < -0.4 is 28.9 Å². The molecule has 5 aliphatic heterocycles. The molecule has 5 fully saturated rings. The lowest BCUT2D eigenvalue weighted by atomic mass is 10.0. The second kappa shape index (κ2) is 27.4. The van der Waals surface area contributed by atoms with Crippen LogP contribution in [0.25, 0.3) is 49.9 Å². The Balaban J connectivity index is 0.000000137. The van der Waals surface area contributed by atoms with Crippen LogP contribution in [0.5, 0.6) is 17.2 Å². The van der Waals surface area contributed by atoms with Crippen molar-refractivity contribution in [3.8, 4) is 106 Å². The number of likely N-dealkylation sites (tertiary alicyclic amines) is 1. The summed E-state index contributed by atoms with van der Waals surface area (Å²) in [6, 6.07) is 25.0. The topological polar surface area (TPSA) is 260 Å². The lowest BCUT2D eigenvalue weighted by Crippen LogP contribution is -2.55. The van der Waals surface area contributed by atoms with Gasteiger partial charge in [-0.25, -0.2) is 28.5 Å². The van der Waals surface area contributed by atoms with E-state index in [-0.39, 0.29) is 47.9 Å². The monoisotopic (exact) mass is 1270 g/mol. The molecular formula is C71H66N18O6. The zero-order chi connectivity index (χ0) is 66.4. The minimum Gasteiger partial charge on any atom is -0.492 e. The average Bonchev–Trinajstić information content (AvgIpc) is 1.70. The van der Waals surface area contributed by atoms with E-state index < -0.39 is 0 Å². The largest absolute Gasteiger partial charge is 0.492 e. The van der Waals surface area contributed by atoms with E-state index in [1.54, 1.807) is 66.7 Å². The van der Waals surface area contributed by atoms with Crippen LogP contribution in [0.3, 0.4) is 0 Å². The first-order valence-electron chi connectivity index (χ1n) is 31.4. The molecular weight excluding hydrogens is 1200 g/mol. The van der Waals surface area contributed by atoms with Crippen LogP contribution in [-0.4, -0.2) is 172 Å². The Hall–Kier alpha value is -12.1. The molecule has 5 aliphatic rings. The van der Waals surface area contributed by atoms with Gasteiger partial charge in [0.25, 0.3) is 17.7 Å². The van der Waals surface area contributed by atoms with Crippen molar-refractivity contribution in [2.45, 2.75) is 83.6 Å². The molecule has 24 nitrogen and oxygen atoms in total. The Morgan fingerprint density at radius 2 is 0.895 bits per heavy atom. The number of fused-ring (bicyclic) bond motifs is 7. The van der Waals surface area contributed by atoms with Crippen LogP contribution >= 0.6 is 0 Å². The second-order valence-corrected chi connectivity index (χ2v) is 23.4. The SMILES string of the molecule is C#CC(=O)N1C2CCC1CN(c1ccc(-c3cc(OCC)cn4ncc(C#N)c34)cn1)C2.C#CC(=O)N1CC2CCC(C1)N2c1ccc(-c2cc(OCC)cn3ncc(C#N)c23)cn1.C#CC(=O)N1CCN(c2ccc(-c3cc(OCC)cn4ncc(C#N)c34)cn2)CC1C. The van der Waals surface area contributed by atoms with Gasteiger partial charge in [0, 0.05) is 116 Å². The van der Waals surface area contributed by atoms with Crippen molar-refractivity contribution in [1.82, 2.24) is 58.5 Å². The van der Waals surface area contributed by atoms with Gasteiger partial charge >= 0.3 is 0 Å². The molecule has 5 saturated heterocycles. The van der Waals surface area contributed by atoms with Crippen molar-refractivity contribution in [1.29, 1.82) is 15.8 Å². The van der Waals surface area contributed by atoms with Crippen molar-refractivity contribution in [2.75, 3.05) is 80.3 Å². The summed E-state index contributed by atoms with van der Waals surface area (Å²) >= 11 is 0. The molecule has 3 amide bonds.